The number of nitrogens with one attached hydrogen (secondary N) is 2. The summed E-state index contributed by atoms with van der Waals surface area (Å²) in [5, 5.41) is 5.72. The molecule has 2 amide bonds. The molecular formula is C15H20N2O3. The first-order valence-electron chi connectivity index (χ1n) is 6.83. The Hall–Kier alpha value is -1.88. The lowest BCUT2D eigenvalue weighted by Gasteiger charge is -2.19. The molecule has 2 rings (SSSR count). The second kappa shape index (κ2) is 7.05. The van der Waals surface area contributed by atoms with E-state index >= 15 is 0 Å². The van der Waals surface area contributed by atoms with Crippen LogP contribution in [0.2, 0.25) is 0 Å². The minimum absolute atomic E-state index is 0.0142. The molecule has 2 N–H and O–H groups in total. The predicted octanol–water partition coefficient (Wildman–Crippen LogP) is 0.639. The Labute approximate surface area is 118 Å². The minimum Gasteiger partial charge on any atom is -0.377 e. The Morgan fingerprint density at radius 2 is 1.80 bits per heavy atom. The third-order valence-corrected chi connectivity index (χ3v) is 3.30. The molecule has 0 spiro atoms. The van der Waals surface area contributed by atoms with Gasteiger partial charge in [-0.15, -0.1) is 0 Å². The Morgan fingerprint density at radius 1 is 1.15 bits per heavy atom. The molecule has 1 aliphatic rings. The molecule has 0 saturated carbocycles. The standard InChI is InChI=1S/C15H20N2O3/c1-11(18)16-13-9-20-10-14(13)17-15(19)8-7-12-5-3-2-4-6-12/h2-6,13-14H,7-10H2,1H3,(H,16,18)(H,17,19)/t13-,14+/m1/s1. The van der Waals surface area contributed by atoms with Crippen LogP contribution in [-0.2, 0) is 20.7 Å². The average Bonchev–Trinajstić information content (AvgIpc) is 2.84. The first kappa shape index (κ1) is 14.5. The van der Waals surface area contributed by atoms with Gasteiger partial charge in [0.2, 0.25) is 11.8 Å². The summed E-state index contributed by atoms with van der Waals surface area (Å²) in [6, 6.07) is 9.63. The van der Waals surface area contributed by atoms with Crippen molar-refractivity contribution in [1.82, 2.24) is 10.6 Å². The van der Waals surface area contributed by atoms with Crippen LogP contribution in [0.1, 0.15) is 18.9 Å². The summed E-state index contributed by atoms with van der Waals surface area (Å²) in [6.45, 7) is 2.36. The SMILES string of the molecule is CC(=O)N[C@@H]1COC[C@@H]1NC(=O)CCc1ccccc1. The molecule has 0 bridgehead atoms. The lowest BCUT2D eigenvalue weighted by atomic mass is 10.1. The van der Waals surface area contributed by atoms with Crippen LogP contribution in [0.4, 0.5) is 0 Å². The van der Waals surface area contributed by atoms with Crippen LogP contribution in [0.15, 0.2) is 30.3 Å². The number of carbonyl (C=O) groups excluding carboxylic acids is 2. The number of benzene rings is 1. The van der Waals surface area contributed by atoms with E-state index in [1.807, 2.05) is 30.3 Å². The fourth-order valence-electron chi connectivity index (χ4n) is 2.28. The predicted molar refractivity (Wildman–Crippen MR) is 75.1 cm³/mol. The van der Waals surface area contributed by atoms with Gasteiger partial charge >= 0.3 is 0 Å². The molecule has 1 heterocycles. The van der Waals surface area contributed by atoms with Crippen molar-refractivity contribution in [3.63, 3.8) is 0 Å². The molecule has 1 saturated heterocycles. The van der Waals surface area contributed by atoms with Crippen molar-refractivity contribution in [2.45, 2.75) is 31.8 Å². The zero-order valence-corrected chi connectivity index (χ0v) is 11.6. The van der Waals surface area contributed by atoms with Gasteiger partial charge in [0, 0.05) is 13.3 Å². The van der Waals surface area contributed by atoms with E-state index in [-0.39, 0.29) is 23.9 Å². The third-order valence-electron chi connectivity index (χ3n) is 3.30. The number of hydrogen-bond donors (Lipinski definition) is 2. The van der Waals surface area contributed by atoms with E-state index < -0.39 is 0 Å². The summed E-state index contributed by atoms with van der Waals surface area (Å²) in [5.41, 5.74) is 1.14. The van der Waals surface area contributed by atoms with Crippen molar-refractivity contribution in [3.05, 3.63) is 35.9 Å². The first-order valence-corrected chi connectivity index (χ1v) is 6.83. The smallest absolute Gasteiger partial charge is 0.220 e. The fourth-order valence-corrected chi connectivity index (χ4v) is 2.28. The highest BCUT2D eigenvalue weighted by Gasteiger charge is 2.29. The summed E-state index contributed by atoms with van der Waals surface area (Å²) in [7, 11) is 0. The van der Waals surface area contributed by atoms with Crippen LogP contribution in [0.25, 0.3) is 0 Å². The molecule has 2 atom stereocenters. The monoisotopic (exact) mass is 276 g/mol. The second-order valence-electron chi connectivity index (χ2n) is 5.00. The van der Waals surface area contributed by atoms with Crippen LogP contribution < -0.4 is 10.6 Å². The third kappa shape index (κ3) is 4.35. The van der Waals surface area contributed by atoms with Crippen molar-refractivity contribution in [2.24, 2.45) is 0 Å². The fraction of sp³-hybridized carbons (Fsp3) is 0.467. The van der Waals surface area contributed by atoms with E-state index in [9.17, 15) is 9.59 Å². The highest BCUT2D eigenvalue weighted by molar-refractivity contribution is 5.77. The summed E-state index contributed by atoms with van der Waals surface area (Å²) in [5.74, 6) is -0.122. The molecule has 1 aromatic rings. The maximum Gasteiger partial charge on any atom is 0.220 e. The van der Waals surface area contributed by atoms with Gasteiger partial charge in [0.15, 0.2) is 0 Å². The van der Waals surface area contributed by atoms with Gasteiger partial charge in [-0.05, 0) is 12.0 Å². The minimum atomic E-state index is -0.137. The van der Waals surface area contributed by atoms with Gasteiger partial charge in [0.25, 0.3) is 0 Å². The maximum atomic E-state index is 11.9. The summed E-state index contributed by atoms with van der Waals surface area (Å²) < 4.78 is 5.30. The van der Waals surface area contributed by atoms with Crippen LogP contribution in [0.3, 0.4) is 0 Å². The summed E-state index contributed by atoms with van der Waals surface area (Å²) in [4.78, 5) is 23.0. The van der Waals surface area contributed by atoms with Crippen LogP contribution in [0, 0.1) is 0 Å². The lowest BCUT2D eigenvalue weighted by Crippen LogP contribution is -2.50. The van der Waals surface area contributed by atoms with E-state index in [4.69, 9.17) is 4.74 Å². The largest absolute Gasteiger partial charge is 0.377 e. The van der Waals surface area contributed by atoms with E-state index in [2.05, 4.69) is 10.6 Å². The number of aryl methyl sites for hydroxylation is 1. The second-order valence-corrected chi connectivity index (χ2v) is 5.00. The normalized spacial score (nSPS) is 21.4. The first-order chi connectivity index (χ1) is 9.65. The quantitative estimate of drug-likeness (QED) is 0.829. The highest BCUT2D eigenvalue weighted by atomic mass is 16.5. The molecule has 1 aromatic carbocycles. The molecule has 20 heavy (non-hydrogen) atoms. The molecule has 108 valence electrons. The van der Waals surface area contributed by atoms with Gasteiger partial charge in [-0.2, -0.15) is 0 Å². The van der Waals surface area contributed by atoms with E-state index in [0.29, 0.717) is 26.1 Å². The molecule has 0 radical (unpaired) electrons. The number of carbonyl (C=O) groups is 2. The Balaban J connectivity index is 1.77. The Morgan fingerprint density at radius 3 is 2.45 bits per heavy atom. The number of amides is 2. The average molecular weight is 276 g/mol. The summed E-state index contributed by atoms with van der Waals surface area (Å²) >= 11 is 0. The lowest BCUT2D eigenvalue weighted by molar-refractivity contribution is -0.123. The van der Waals surface area contributed by atoms with Crippen LogP contribution in [0.5, 0.6) is 0 Å². The van der Waals surface area contributed by atoms with Crippen molar-refractivity contribution >= 4 is 11.8 Å². The molecular weight excluding hydrogens is 256 g/mol. The molecule has 0 aromatic heterocycles. The van der Waals surface area contributed by atoms with Crippen LogP contribution in [-0.4, -0.2) is 37.1 Å². The van der Waals surface area contributed by atoms with Gasteiger partial charge in [0.1, 0.15) is 0 Å². The highest BCUT2D eigenvalue weighted by Crippen LogP contribution is 2.07. The number of rotatable bonds is 5. The van der Waals surface area contributed by atoms with Crippen molar-refractivity contribution in [3.8, 4) is 0 Å². The van der Waals surface area contributed by atoms with E-state index in [1.165, 1.54) is 6.92 Å². The van der Waals surface area contributed by atoms with Gasteiger partial charge in [0.05, 0.1) is 25.3 Å². The van der Waals surface area contributed by atoms with Crippen molar-refractivity contribution in [1.29, 1.82) is 0 Å². The molecule has 5 nitrogen and oxygen atoms in total. The van der Waals surface area contributed by atoms with Gasteiger partial charge in [-0.1, -0.05) is 30.3 Å². The zero-order valence-electron chi connectivity index (χ0n) is 11.6. The van der Waals surface area contributed by atoms with Gasteiger partial charge in [-0.25, -0.2) is 0 Å². The maximum absolute atomic E-state index is 11.9. The Kier molecular flexibility index (Phi) is 5.12. The van der Waals surface area contributed by atoms with E-state index in [0.717, 1.165) is 5.56 Å². The number of ether oxygens (including phenoxy) is 1. The molecule has 1 aliphatic heterocycles. The van der Waals surface area contributed by atoms with Crippen LogP contribution >= 0.6 is 0 Å². The molecule has 0 unspecified atom stereocenters. The topological polar surface area (TPSA) is 67.4 Å². The molecule has 1 fully saturated rings. The zero-order chi connectivity index (χ0) is 14.4. The van der Waals surface area contributed by atoms with Gasteiger partial charge in [-0.3, -0.25) is 9.59 Å². The Bertz CT molecular complexity index is 461. The van der Waals surface area contributed by atoms with Crippen molar-refractivity contribution in [2.75, 3.05) is 13.2 Å². The van der Waals surface area contributed by atoms with Crippen molar-refractivity contribution < 1.29 is 14.3 Å². The summed E-state index contributed by atoms with van der Waals surface area (Å²) in [6.07, 6.45) is 1.15. The van der Waals surface area contributed by atoms with Gasteiger partial charge < -0.3 is 15.4 Å². The van der Waals surface area contributed by atoms with E-state index in [1.54, 1.807) is 0 Å². The molecule has 5 heteroatoms. The number of hydrogen-bond acceptors (Lipinski definition) is 3. The molecule has 0 aliphatic carbocycles.